The molecule has 0 fully saturated rings. The molecule has 2 aromatic rings. The second kappa shape index (κ2) is 3.06. The van der Waals surface area contributed by atoms with Gasteiger partial charge in [-0.2, -0.15) is 0 Å². The van der Waals surface area contributed by atoms with E-state index in [1.54, 1.807) is 17.0 Å². The predicted octanol–water partition coefficient (Wildman–Crippen LogP) is 1.81. The Kier molecular flexibility index (Phi) is 1.90. The Morgan fingerprint density at radius 3 is 2.85 bits per heavy atom. The average molecular weight is 193 g/mol. The molecule has 66 valence electrons. The fraction of sp³-hybridized carbons (Fsp3) is 0. The van der Waals surface area contributed by atoms with E-state index in [1.165, 1.54) is 23.5 Å². The van der Waals surface area contributed by atoms with Gasteiger partial charge < -0.3 is 10.1 Å². The first-order valence-electron chi connectivity index (χ1n) is 3.71. The third kappa shape index (κ3) is 1.48. The second-order valence-corrected chi connectivity index (χ2v) is 3.35. The Hall–Kier alpha value is -1.55. The summed E-state index contributed by atoms with van der Waals surface area (Å²) >= 11 is 1.39. The molecule has 0 aromatic carbocycles. The lowest BCUT2D eigenvalue weighted by Gasteiger charge is -1.97. The van der Waals surface area contributed by atoms with Crippen LogP contribution in [0.1, 0.15) is 0 Å². The minimum Gasteiger partial charge on any atom is -0.506 e. The highest BCUT2D eigenvalue weighted by atomic mass is 32.1. The Bertz CT molecular complexity index is 472. The van der Waals surface area contributed by atoms with E-state index < -0.39 is 0 Å². The highest BCUT2D eigenvalue weighted by Crippen LogP contribution is 2.30. The van der Waals surface area contributed by atoms with Crippen molar-refractivity contribution in [2.24, 2.45) is 0 Å². The third-order valence-corrected chi connectivity index (χ3v) is 2.44. The van der Waals surface area contributed by atoms with Crippen LogP contribution < -0.4 is 5.43 Å². The number of aromatic hydroxyl groups is 1. The highest BCUT2D eigenvalue weighted by molar-refractivity contribution is 7.08. The first-order chi connectivity index (χ1) is 6.27. The standard InChI is InChI=1S/C9H7NO2S/c11-6-1-2-10-8(3-6)7-4-13-5-9(7)12/h1-5,12H,(H,10,11). The first kappa shape index (κ1) is 8.07. The molecule has 0 bridgehead atoms. The number of H-pyrrole nitrogens is 1. The minimum absolute atomic E-state index is 0.0700. The largest absolute Gasteiger partial charge is 0.506 e. The number of aromatic nitrogens is 1. The molecule has 0 spiro atoms. The maximum Gasteiger partial charge on any atom is 0.182 e. The van der Waals surface area contributed by atoms with Crippen molar-refractivity contribution in [1.82, 2.24) is 4.98 Å². The van der Waals surface area contributed by atoms with E-state index in [1.807, 2.05) is 0 Å². The molecule has 2 heterocycles. The summed E-state index contributed by atoms with van der Waals surface area (Å²) in [5.74, 6) is 0.201. The number of hydrogen-bond donors (Lipinski definition) is 2. The molecule has 13 heavy (non-hydrogen) atoms. The Balaban J connectivity index is 2.59. The van der Waals surface area contributed by atoms with Gasteiger partial charge in [-0.05, 0) is 0 Å². The van der Waals surface area contributed by atoms with Gasteiger partial charge in [0.1, 0.15) is 5.75 Å². The normalized spacial score (nSPS) is 10.2. The highest BCUT2D eigenvalue weighted by Gasteiger charge is 2.04. The van der Waals surface area contributed by atoms with E-state index >= 15 is 0 Å². The van der Waals surface area contributed by atoms with Crippen molar-refractivity contribution >= 4 is 11.3 Å². The zero-order valence-corrected chi connectivity index (χ0v) is 7.47. The number of aromatic amines is 1. The van der Waals surface area contributed by atoms with E-state index in [2.05, 4.69) is 4.98 Å². The van der Waals surface area contributed by atoms with Gasteiger partial charge in [-0.25, -0.2) is 0 Å². The molecule has 4 heteroatoms. The van der Waals surface area contributed by atoms with Crippen LogP contribution in [0.3, 0.4) is 0 Å². The summed E-state index contributed by atoms with van der Waals surface area (Å²) in [5.41, 5.74) is 1.24. The molecule has 2 rings (SSSR count). The molecule has 2 N–H and O–H groups in total. The number of hydrogen-bond acceptors (Lipinski definition) is 3. The summed E-state index contributed by atoms with van der Waals surface area (Å²) in [7, 11) is 0. The number of nitrogens with one attached hydrogen (secondary N) is 1. The van der Waals surface area contributed by atoms with Crippen molar-refractivity contribution in [1.29, 1.82) is 0 Å². The van der Waals surface area contributed by atoms with Crippen LogP contribution in [0.4, 0.5) is 0 Å². The van der Waals surface area contributed by atoms with Crippen molar-refractivity contribution in [3.63, 3.8) is 0 Å². The molecular weight excluding hydrogens is 186 g/mol. The SMILES string of the molecule is O=c1cc[nH]c(-c2cscc2O)c1. The van der Waals surface area contributed by atoms with Gasteiger partial charge in [0.05, 0.1) is 11.3 Å². The summed E-state index contributed by atoms with van der Waals surface area (Å²) in [6.45, 7) is 0. The fourth-order valence-corrected chi connectivity index (χ4v) is 1.80. The number of thiophene rings is 1. The molecule has 0 aliphatic heterocycles. The van der Waals surface area contributed by atoms with Gasteiger partial charge in [-0.3, -0.25) is 4.79 Å². The summed E-state index contributed by atoms with van der Waals surface area (Å²) in [6, 6.07) is 2.90. The van der Waals surface area contributed by atoms with Crippen LogP contribution in [-0.2, 0) is 0 Å². The maximum atomic E-state index is 11.0. The van der Waals surface area contributed by atoms with Crippen LogP contribution in [0.15, 0.2) is 33.9 Å². The van der Waals surface area contributed by atoms with Gasteiger partial charge in [0, 0.05) is 29.1 Å². The molecule has 0 unspecified atom stereocenters. The molecule has 0 atom stereocenters. The van der Waals surface area contributed by atoms with Crippen LogP contribution in [0.25, 0.3) is 11.3 Å². The van der Waals surface area contributed by atoms with Crippen molar-refractivity contribution in [3.8, 4) is 17.0 Å². The zero-order valence-electron chi connectivity index (χ0n) is 6.65. The topological polar surface area (TPSA) is 53.1 Å². The first-order valence-corrected chi connectivity index (χ1v) is 4.66. The molecule has 0 saturated carbocycles. The van der Waals surface area contributed by atoms with Crippen LogP contribution in [0, 0.1) is 0 Å². The molecule has 0 amide bonds. The van der Waals surface area contributed by atoms with Crippen LogP contribution in [0.5, 0.6) is 5.75 Å². The Morgan fingerprint density at radius 1 is 1.38 bits per heavy atom. The average Bonchev–Trinajstić information content (AvgIpc) is 2.51. The molecule has 0 radical (unpaired) electrons. The van der Waals surface area contributed by atoms with Crippen molar-refractivity contribution in [2.75, 3.05) is 0 Å². The Morgan fingerprint density at radius 2 is 2.23 bits per heavy atom. The van der Waals surface area contributed by atoms with E-state index in [0.29, 0.717) is 11.3 Å². The van der Waals surface area contributed by atoms with Crippen LogP contribution >= 0.6 is 11.3 Å². The van der Waals surface area contributed by atoms with Crippen molar-refractivity contribution < 1.29 is 5.11 Å². The third-order valence-electron chi connectivity index (χ3n) is 1.70. The molecule has 0 saturated heterocycles. The minimum atomic E-state index is -0.0700. The number of pyridine rings is 1. The summed E-state index contributed by atoms with van der Waals surface area (Å²) < 4.78 is 0. The van der Waals surface area contributed by atoms with Crippen LogP contribution in [0.2, 0.25) is 0 Å². The van der Waals surface area contributed by atoms with Gasteiger partial charge in [0.25, 0.3) is 0 Å². The zero-order chi connectivity index (χ0) is 9.26. The second-order valence-electron chi connectivity index (χ2n) is 2.61. The predicted molar refractivity (Wildman–Crippen MR) is 52.0 cm³/mol. The lowest BCUT2D eigenvalue weighted by atomic mass is 10.2. The monoisotopic (exact) mass is 193 g/mol. The quantitative estimate of drug-likeness (QED) is 0.725. The smallest absolute Gasteiger partial charge is 0.182 e. The molecule has 0 aliphatic rings. The maximum absolute atomic E-state index is 11.0. The molecule has 3 nitrogen and oxygen atoms in total. The lowest BCUT2D eigenvalue weighted by Crippen LogP contribution is -1.97. The van der Waals surface area contributed by atoms with Crippen LogP contribution in [-0.4, -0.2) is 10.1 Å². The van der Waals surface area contributed by atoms with Gasteiger partial charge >= 0.3 is 0 Å². The van der Waals surface area contributed by atoms with Gasteiger partial charge in [-0.15, -0.1) is 11.3 Å². The van der Waals surface area contributed by atoms with E-state index in [4.69, 9.17) is 0 Å². The lowest BCUT2D eigenvalue weighted by molar-refractivity contribution is 0.479. The van der Waals surface area contributed by atoms with Crippen molar-refractivity contribution in [2.45, 2.75) is 0 Å². The molecule has 0 aliphatic carbocycles. The molecular formula is C9H7NO2S. The van der Waals surface area contributed by atoms with Gasteiger partial charge in [-0.1, -0.05) is 0 Å². The summed E-state index contributed by atoms with van der Waals surface area (Å²) in [5, 5.41) is 12.8. The summed E-state index contributed by atoms with van der Waals surface area (Å²) in [6.07, 6.45) is 1.56. The number of rotatable bonds is 1. The van der Waals surface area contributed by atoms with Gasteiger partial charge in [0.15, 0.2) is 5.43 Å². The van der Waals surface area contributed by atoms with Gasteiger partial charge in [0.2, 0.25) is 0 Å². The van der Waals surface area contributed by atoms with E-state index in [9.17, 15) is 9.90 Å². The van der Waals surface area contributed by atoms with E-state index in [0.717, 1.165) is 0 Å². The summed E-state index contributed by atoms with van der Waals surface area (Å²) in [4.78, 5) is 13.9. The van der Waals surface area contributed by atoms with E-state index in [-0.39, 0.29) is 11.2 Å². The fourth-order valence-electron chi connectivity index (χ4n) is 1.09. The van der Waals surface area contributed by atoms with Crippen molar-refractivity contribution in [3.05, 3.63) is 39.3 Å². The molecule has 2 aromatic heterocycles. The Labute approximate surface area is 78.3 Å².